The summed E-state index contributed by atoms with van der Waals surface area (Å²) in [4.78, 5) is 11.8. The van der Waals surface area contributed by atoms with Crippen molar-refractivity contribution in [3.63, 3.8) is 0 Å². The number of halogens is 1. The van der Waals surface area contributed by atoms with Gasteiger partial charge in [0.1, 0.15) is 5.82 Å². The predicted octanol–water partition coefficient (Wildman–Crippen LogP) is 1.07. The van der Waals surface area contributed by atoms with Gasteiger partial charge in [-0.3, -0.25) is 9.48 Å². The van der Waals surface area contributed by atoms with Gasteiger partial charge in [0.15, 0.2) is 0 Å². The highest BCUT2D eigenvalue weighted by atomic mass is 19.1. The van der Waals surface area contributed by atoms with Crippen LogP contribution >= 0.6 is 0 Å². The van der Waals surface area contributed by atoms with Gasteiger partial charge in [-0.25, -0.2) is 4.39 Å². The quantitative estimate of drug-likeness (QED) is 0.798. The second kappa shape index (κ2) is 4.87. The van der Waals surface area contributed by atoms with E-state index in [2.05, 4.69) is 10.4 Å². The minimum Gasteiger partial charge on any atom is -0.396 e. The van der Waals surface area contributed by atoms with Crippen LogP contribution in [0.1, 0.15) is 16.1 Å². The molecule has 0 fully saturated rings. The Kier molecular flexibility index (Phi) is 3.27. The summed E-state index contributed by atoms with van der Waals surface area (Å²) in [6.45, 7) is 0.311. The molecule has 1 aromatic carbocycles. The summed E-state index contributed by atoms with van der Waals surface area (Å²) in [6.07, 6.45) is 1.64. The number of benzene rings is 1. The number of amides is 1. The Bertz CT molecular complexity index is 579. The zero-order valence-electron chi connectivity index (χ0n) is 9.85. The molecule has 0 unspecified atom stereocenters. The molecule has 0 radical (unpaired) electrons. The fraction of sp³-hybridized carbons (Fsp3) is 0.167. The SMILES string of the molecule is Cn1nccc1CNC(=O)c1cccc(F)c1N. The van der Waals surface area contributed by atoms with E-state index in [9.17, 15) is 9.18 Å². The van der Waals surface area contributed by atoms with E-state index in [1.807, 2.05) is 0 Å². The molecule has 1 amide bonds. The molecule has 0 spiro atoms. The second-order valence-corrected chi connectivity index (χ2v) is 3.83. The number of aromatic nitrogens is 2. The molecule has 0 atom stereocenters. The standard InChI is InChI=1S/C12H13FN4O/c1-17-8(5-6-16-17)7-15-12(18)9-3-2-4-10(13)11(9)14/h2-6H,7,14H2,1H3,(H,15,18). The van der Waals surface area contributed by atoms with Gasteiger partial charge in [0, 0.05) is 13.2 Å². The lowest BCUT2D eigenvalue weighted by molar-refractivity contribution is 0.0950. The van der Waals surface area contributed by atoms with Crippen molar-refractivity contribution in [3.8, 4) is 0 Å². The van der Waals surface area contributed by atoms with Crippen LogP contribution in [0.15, 0.2) is 30.5 Å². The van der Waals surface area contributed by atoms with Crippen LogP contribution in [-0.4, -0.2) is 15.7 Å². The van der Waals surface area contributed by atoms with Gasteiger partial charge < -0.3 is 11.1 Å². The van der Waals surface area contributed by atoms with E-state index in [1.54, 1.807) is 24.0 Å². The molecular weight excluding hydrogens is 235 g/mol. The van der Waals surface area contributed by atoms with Crippen LogP contribution in [0.2, 0.25) is 0 Å². The van der Waals surface area contributed by atoms with Crippen LogP contribution in [0.5, 0.6) is 0 Å². The highest BCUT2D eigenvalue weighted by Crippen LogP contribution is 2.15. The fourth-order valence-electron chi connectivity index (χ4n) is 1.58. The largest absolute Gasteiger partial charge is 0.396 e. The molecular formula is C12H13FN4O. The third-order valence-corrected chi connectivity index (χ3v) is 2.65. The summed E-state index contributed by atoms with van der Waals surface area (Å²) in [7, 11) is 1.78. The molecule has 0 aliphatic rings. The lowest BCUT2D eigenvalue weighted by Crippen LogP contribution is -2.25. The van der Waals surface area contributed by atoms with Crippen molar-refractivity contribution in [1.29, 1.82) is 0 Å². The van der Waals surface area contributed by atoms with Crippen LogP contribution < -0.4 is 11.1 Å². The number of nitrogen functional groups attached to an aromatic ring is 1. The Morgan fingerprint density at radius 2 is 2.28 bits per heavy atom. The number of hydrogen-bond acceptors (Lipinski definition) is 3. The Morgan fingerprint density at radius 1 is 1.50 bits per heavy atom. The number of rotatable bonds is 3. The van der Waals surface area contributed by atoms with E-state index in [-0.39, 0.29) is 11.3 Å². The summed E-state index contributed by atoms with van der Waals surface area (Å²) in [5.74, 6) is -1.00. The molecule has 0 bridgehead atoms. The third-order valence-electron chi connectivity index (χ3n) is 2.65. The summed E-state index contributed by atoms with van der Waals surface area (Å²) in [5.41, 5.74) is 6.35. The van der Waals surface area contributed by atoms with Gasteiger partial charge in [0.25, 0.3) is 5.91 Å². The Hall–Kier alpha value is -2.37. The number of nitrogens with two attached hydrogens (primary N) is 1. The van der Waals surface area contributed by atoms with E-state index in [0.717, 1.165) is 5.69 Å². The number of carbonyl (C=O) groups is 1. The van der Waals surface area contributed by atoms with Gasteiger partial charge in [0.2, 0.25) is 0 Å². The number of nitrogens with zero attached hydrogens (tertiary/aromatic N) is 2. The summed E-state index contributed by atoms with van der Waals surface area (Å²) in [5, 5.41) is 6.64. The predicted molar refractivity (Wildman–Crippen MR) is 65.2 cm³/mol. The molecule has 6 heteroatoms. The molecule has 1 heterocycles. The lowest BCUT2D eigenvalue weighted by Gasteiger charge is -2.08. The first-order valence-electron chi connectivity index (χ1n) is 5.38. The zero-order valence-corrected chi connectivity index (χ0v) is 9.85. The average molecular weight is 248 g/mol. The first kappa shape index (κ1) is 12.1. The summed E-state index contributed by atoms with van der Waals surface area (Å²) in [6, 6.07) is 5.93. The molecule has 3 N–H and O–H groups in total. The van der Waals surface area contributed by atoms with Gasteiger partial charge in [-0.15, -0.1) is 0 Å². The molecule has 1 aromatic heterocycles. The van der Waals surface area contributed by atoms with Crippen molar-refractivity contribution in [2.75, 3.05) is 5.73 Å². The molecule has 2 aromatic rings. The van der Waals surface area contributed by atoms with Crippen LogP contribution in [-0.2, 0) is 13.6 Å². The number of para-hydroxylation sites is 1. The van der Waals surface area contributed by atoms with Crippen LogP contribution in [0.25, 0.3) is 0 Å². The Balaban J connectivity index is 2.09. The van der Waals surface area contributed by atoms with Crippen molar-refractivity contribution < 1.29 is 9.18 Å². The van der Waals surface area contributed by atoms with Gasteiger partial charge in [0.05, 0.1) is 23.5 Å². The fourth-order valence-corrected chi connectivity index (χ4v) is 1.58. The minimum absolute atomic E-state index is 0.136. The maximum Gasteiger partial charge on any atom is 0.253 e. The molecule has 18 heavy (non-hydrogen) atoms. The normalized spacial score (nSPS) is 10.3. The molecule has 0 saturated heterocycles. The Labute approximate surface area is 103 Å². The van der Waals surface area contributed by atoms with Gasteiger partial charge >= 0.3 is 0 Å². The molecule has 0 aliphatic heterocycles. The minimum atomic E-state index is -0.594. The smallest absolute Gasteiger partial charge is 0.253 e. The van der Waals surface area contributed by atoms with Crippen LogP contribution in [0.4, 0.5) is 10.1 Å². The first-order valence-corrected chi connectivity index (χ1v) is 5.38. The van der Waals surface area contributed by atoms with Crippen molar-refractivity contribution in [2.24, 2.45) is 7.05 Å². The maximum absolute atomic E-state index is 13.2. The van der Waals surface area contributed by atoms with E-state index in [4.69, 9.17) is 5.73 Å². The number of nitrogens with one attached hydrogen (secondary N) is 1. The second-order valence-electron chi connectivity index (χ2n) is 3.83. The number of aryl methyl sites for hydroxylation is 1. The number of anilines is 1. The highest BCUT2D eigenvalue weighted by Gasteiger charge is 2.12. The van der Waals surface area contributed by atoms with Crippen molar-refractivity contribution in [2.45, 2.75) is 6.54 Å². The van der Waals surface area contributed by atoms with E-state index >= 15 is 0 Å². The van der Waals surface area contributed by atoms with Gasteiger partial charge in [-0.05, 0) is 18.2 Å². The Morgan fingerprint density at radius 3 is 2.94 bits per heavy atom. The summed E-state index contributed by atoms with van der Waals surface area (Å²) >= 11 is 0. The average Bonchev–Trinajstić information content (AvgIpc) is 2.75. The third kappa shape index (κ3) is 2.32. The number of hydrogen-bond donors (Lipinski definition) is 2. The van der Waals surface area contributed by atoms with E-state index < -0.39 is 11.7 Å². The van der Waals surface area contributed by atoms with Crippen molar-refractivity contribution in [3.05, 3.63) is 47.5 Å². The monoisotopic (exact) mass is 248 g/mol. The maximum atomic E-state index is 13.2. The molecule has 2 rings (SSSR count). The highest BCUT2D eigenvalue weighted by molar-refractivity contribution is 5.99. The zero-order chi connectivity index (χ0) is 13.1. The summed E-state index contributed by atoms with van der Waals surface area (Å²) < 4.78 is 14.8. The molecule has 94 valence electrons. The van der Waals surface area contributed by atoms with Crippen molar-refractivity contribution in [1.82, 2.24) is 15.1 Å². The van der Waals surface area contributed by atoms with Crippen LogP contribution in [0, 0.1) is 5.82 Å². The first-order chi connectivity index (χ1) is 8.59. The van der Waals surface area contributed by atoms with E-state index in [1.165, 1.54) is 18.2 Å². The van der Waals surface area contributed by atoms with Gasteiger partial charge in [-0.2, -0.15) is 5.10 Å². The van der Waals surface area contributed by atoms with Crippen LogP contribution in [0.3, 0.4) is 0 Å². The molecule has 0 saturated carbocycles. The molecule has 0 aliphatic carbocycles. The lowest BCUT2D eigenvalue weighted by atomic mass is 10.1. The number of carbonyl (C=O) groups excluding carboxylic acids is 1. The van der Waals surface area contributed by atoms with Gasteiger partial charge in [-0.1, -0.05) is 6.07 Å². The van der Waals surface area contributed by atoms with Crippen molar-refractivity contribution >= 4 is 11.6 Å². The topological polar surface area (TPSA) is 72.9 Å². The van der Waals surface area contributed by atoms with E-state index in [0.29, 0.717) is 6.54 Å². The molecule has 5 nitrogen and oxygen atoms in total.